The number of nitrogens with one attached hydrogen (secondary N) is 1. The zero-order valence-electron chi connectivity index (χ0n) is 12.4. The maximum Gasteiger partial charge on any atom is 0.225 e. The van der Waals surface area contributed by atoms with Gasteiger partial charge < -0.3 is 11.1 Å². The monoisotopic (exact) mass is 262 g/mol. The molecule has 0 aliphatic heterocycles. The molecule has 1 aromatic rings. The van der Waals surface area contributed by atoms with Crippen LogP contribution in [-0.2, 0) is 4.79 Å². The fourth-order valence-electron chi connectivity index (χ4n) is 2.26. The van der Waals surface area contributed by atoms with Gasteiger partial charge in [-0.25, -0.2) is 0 Å². The second kappa shape index (κ2) is 6.71. The molecule has 2 unspecified atom stereocenters. The summed E-state index contributed by atoms with van der Waals surface area (Å²) in [6.07, 6.45) is 2.01. The van der Waals surface area contributed by atoms with Gasteiger partial charge in [-0.2, -0.15) is 0 Å². The van der Waals surface area contributed by atoms with Crippen molar-refractivity contribution in [3.63, 3.8) is 0 Å². The first-order valence-corrected chi connectivity index (χ1v) is 7.00. The molecule has 0 saturated carbocycles. The minimum absolute atomic E-state index is 0.0230. The summed E-state index contributed by atoms with van der Waals surface area (Å²) in [4.78, 5) is 12.3. The smallest absolute Gasteiger partial charge is 0.225 e. The molecule has 0 spiro atoms. The van der Waals surface area contributed by atoms with E-state index in [2.05, 4.69) is 26.1 Å². The van der Waals surface area contributed by atoms with E-state index in [1.165, 1.54) is 0 Å². The maximum atomic E-state index is 12.3. The van der Waals surface area contributed by atoms with Gasteiger partial charge in [-0.1, -0.05) is 50.6 Å². The highest BCUT2D eigenvalue weighted by atomic mass is 16.2. The SMILES string of the molecule is CCCC(C)(C)NC(=O)C(C)C(N)c1ccccc1. The number of carbonyl (C=O) groups excluding carboxylic acids is 1. The number of benzene rings is 1. The molecule has 19 heavy (non-hydrogen) atoms. The fourth-order valence-corrected chi connectivity index (χ4v) is 2.26. The Hall–Kier alpha value is -1.35. The van der Waals surface area contributed by atoms with Crippen LogP contribution in [0.2, 0.25) is 0 Å². The Kier molecular flexibility index (Phi) is 5.55. The van der Waals surface area contributed by atoms with Crippen LogP contribution in [0.4, 0.5) is 0 Å². The van der Waals surface area contributed by atoms with Crippen molar-refractivity contribution in [2.45, 2.75) is 52.1 Å². The van der Waals surface area contributed by atoms with E-state index in [0.717, 1.165) is 18.4 Å². The number of nitrogens with two attached hydrogens (primary N) is 1. The number of carbonyl (C=O) groups is 1. The van der Waals surface area contributed by atoms with Crippen molar-refractivity contribution in [1.82, 2.24) is 5.32 Å². The normalized spacial score (nSPS) is 14.8. The van der Waals surface area contributed by atoms with E-state index in [1.54, 1.807) is 0 Å². The molecule has 1 amide bonds. The van der Waals surface area contributed by atoms with Crippen molar-refractivity contribution in [2.24, 2.45) is 11.7 Å². The Bertz CT molecular complexity index is 400. The van der Waals surface area contributed by atoms with Crippen LogP contribution in [0.25, 0.3) is 0 Å². The highest BCUT2D eigenvalue weighted by molar-refractivity contribution is 5.80. The van der Waals surface area contributed by atoms with E-state index < -0.39 is 0 Å². The summed E-state index contributed by atoms with van der Waals surface area (Å²) < 4.78 is 0. The average molecular weight is 262 g/mol. The summed E-state index contributed by atoms with van der Waals surface area (Å²) in [6, 6.07) is 9.50. The van der Waals surface area contributed by atoms with E-state index in [4.69, 9.17) is 5.73 Å². The second-order valence-corrected chi connectivity index (χ2v) is 5.85. The van der Waals surface area contributed by atoms with Crippen LogP contribution in [0.1, 0.15) is 52.1 Å². The third-order valence-electron chi connectivity index (χ3n) is 3.47. The first-order valence-electron chi connectivity index (χ1n) is 7.00. The van der Waals surface area contributed by atoms with Gasteiger partial charge in [0.1, 0.15) is 0 Å². The van der Waals surface area contributed by atoms with E-state index in [9.17, 15) is 4.79 Å². The molecule has 0 radical (unpaired) electrons. The Morgan fingerprint density at radius 3 is 2.42 bits per heavy atom. The van der Waals surface area contributed by atoms with Crippen LogP contribution in [0, 0.1) is 5.92 Å². The van der Waals surface area contributed by atoms with Gasteiger partial charge in [0.15, 0.2) is 0 Å². The molecule has 2 atom stereocenters. The summed E-state index contributed by atoms with van der Waals surface area (Å²) in [5.74, 6) is -0.215. The van der Waals surface area contributed by atoms with Crippen LogP contribution in [0.5, 0.6) is 0 Å². The molecular formula is C16H26N2O. The third-order valence-corrected chi connectivity index (χ3v) is 3.47. The molecule has 3 N–H and O–H groups in total. The summed E-state index contributed by atoms with van der Waals surface area (Å²) in [5, 5.41) is 3.09. The van der Waals surface area contributed by atoms with Gasteiger partial charge in [-0.05, 0) is 25.8 Å². The molecule has 0 aliphatic rings. The van der Waals surface area contributed by atoms with E-state index in [0.29, 0.717) is 0 Å². The lowest BCUT2D eigenvalue weighted by Crippen LogP contribution is -2.47. The number of hydrogen-bond acceptors (Lipinski definition) is 2. The third kappa shape index (κ3) is 4.67. The predicted octanol–water partition coefficient (Wildman–Crippen LogP) is 3.02. The summed E-state index contributed by atoms with van der Waals surface area (Å²) in [5.41, 5.74) is 7.00. The Labute approximate surface area is 116 Å². The minimum Gasteiger partial charge on any atom is -0.351 e. The van der Waals surface area contributed by atoms with Crippen molar-refractivity contribution < 1.29 is 4.79 Å². The summed E-state index contributed by atoms with van der Waals surface area (Å²) in [7, 11) is 0. The zero-order valence-corrected chi connectivity index (χ0v) is 12.4. The molecular weight excluding hydrogens is 236 g/mol. The molecule has 0 saturated heterocycles. The molecule has 106 valence electrons. The highest BCUT2D eigenvalue weighted by Crippen LogP contribution is 2.20. The molecule has 1 aromatic carbocycles. The predicted molar refractivity (Wildman–Crippen MR) is 79.7 cm³/mol. The number of rotatable bonds is 6. The molecule has 0 aliphatic carbocycles. The zero-order chi connectivity index (χ0) is 14.5. The topological polar surface area (TPSA) is 55.1 Å². The Balaban J connectivity index is 2.67. The first-order chi connectivity index (χ1) is 8.87. The summed E-state index contributed by atoms with van der Waals surface area (Å²) in [6.45, 7) is 8.10. The van der Waals surface area contributed by atoms with Crippen molar-refractivity contribution in [3.05, 3.63) is 35.9 Å². The number of amides is 1. The molecule has 0 aromatic heterocycles. The van der Waals surface area contributed by atoms with Crippen LogP contribution in [0.3, 0.4) is 0 Å². The van der Waals surface area contributed by atoms with Gasteiger partial charge in [0, 0.05) is 11.6 Å². The van der Waals surface area contributed by atoms with Crippen molar-refractivity contribution >= 4 is 5.91 Å². The molecule has 3 nitrogen and oxygen atoms in total. The van der Waals surface area contributed by atoms with Gasteiger partial charge in [0.25, 0.3) is 0 Å². The lowest BCUT2D eigenvalue weighted by Gasteiger charge is -2.29. The van der Waals surface area contributed by atoms with Gasteiger partial charge >= 0.3 is 0 Å². The molecule has 0 heterocycles. The highest BCUT2D eigenvalue weighted by Gasteiger charge is 2.26. The minimum atomic E-state index is -0.265. The average Bonchev–Trinajstić information content (AvgIpc) is 2.37. The quantitative estimate of drug-likeness (QED) is 0.828. The van der Waals surface area contributed by atoms with Crippen LogP contribution >= 0.6 is 0 Å². The van der Waals surface area contributed by atoms with Crippen LogP contribution < -0.4 is 11.1 Å². The molecule has 1 rings (SSSR count). The second-order valence-electron chi connectivity index (χ2n) is 5.85. The van der Waals surface area contributed by atoms with E-state index in [-0.39, 0.29) is 23.4 Å². The van der Waals surface area contributed by atoms with Gasteiger partial charge in [-0.3, -0.25) is 4.79 Å². The van der Waals surface area contributed by atoms with Crippen molar-refractivity contribution in [1.29, 1.82) is 0 Å². The molecule has 0 bridgehead atoms. The van der Waals surface area contributed by atoms with Gasteiger partial charge in [-0.15, -0.1) is 0 Å². The van der Waals surface area contributed by atoms with Gasteiger partial charge in [0.2, 0.25) is 5.91 Å². The van der Waals surface area contributed by atoms with Crippen LogP contribution in [0.15, 0.2) is 30.3 Å². The van der Waals surface area contributed by atoms with E-state index in [1.807, 2.05) is 37.3 Å². The lowest BCUT2D eigenvalue weighted by molar-refractivity contribution is -0.126. The van der Waals surface area contributed by atoms with Crippen molar-refractivity contribution in [2.75, 3.05) is 0 Å². The van der Waals surface area contributed by atoms with Crippen LogP contribution in [-0.4, -0.2) is 11.4 Å². The first kappa shape index (κ1) is 15.7. The standard InChI is InChI=1S/C16H26N2O/c1-5-11-16(3,4)18-15(19)12(2)14(17)13-9-7-6-8-10-13/h6-10,12,14H,5,11,17H2,1-4H3,(H,18,19). The Morgan fingerprint density at radius 1 is 1.32 bits per heavy atom. The largest absolute Gasteiger partial charge is 0.351 e. The molecule has 0 fully saturated rings. The Morgan fingerprint density at radius 2 is 1.89 bits per heavy atom. The van der Waals surface area contributed by atoms with E-state index >= 15 is 0 Å². The molecule has 3 heteroatoms. The summed E-state index contributed by atoms with van der Waals surface area (Å²) >= 11 is 0. The van der Waals surface area contributed by atoms with Gasteiger partial charge in [0.05, 0.1) is 5.92 Å². The fraction of sp³-hybridized carbons (Fsp3) is 0.562. The number of hydrogen-bond donors (Lipinski definition) is 2. The van der Waals surface area contributed by atoms with Crippen molar-refractivity contribution in [3.8, 4) is 0 Å². The lowest BCUT2D eigenvalue weighted by atomic mass is 9.92. The maximum absolute atomic E-state index is 12.3.